The van der Waals surface area contributed by atoms with Crippen LogP contribution in [-0.2, 0) is 11.3 Å². The third kappa shape index (κ3) is 3.95. The van der Waals surface area contributed by atoms with Gasteiger partial charge in [-0.15, -0.1) is 0 Å². The highest BCUT2D eigenvalue weighted by atomic mass is 16.6. The zero-order valence-corrected chi connectivity index (χ0v) is 11.4. The summed E-state index contributed by atoms with van der Waals surface area (Å²) in [5, 5.41) is 3.78. The molecular weight excluding hydrogens is 240 g/mol. The summed E-state index contributed by atoms with van der Waals surface area (Å²) in [5.41, 5.74) is 1.25. The molecule has 0 bridgehead atoms. The van der Waals surface area contributed by atoms with Crippen LogP contribution in [0, 0.1) is 0 Å². The molecular formula is C15H18N2O2. The Kier molecular flexibility index (Phi) is 3.69. The number of hydrogen-bond acceptors (Lipinski definition) is 3. The maximum atomic E-state index is 11.5. The zero-order chi connectivity index (χ0) is 13.9. The number of carbonyl (C=O) groups is 1. The number of para-hydroxylation sites is 1. The number of nitrogens with one attached hydrogen (secondary N) is 1. The second-order valence-electron chi connectivity index (χ2n) is 5.35. The van der Waals surface area contributed by atoms with Gasteiger partial charge in [0.1, 0.15) is 5.60 Å². The molecule has 0 atom stereocenters. The van der Waals surface area contributed by atoms with E-state index >= 15 is 0 Å². The van der Waals surface area contributed by atoms with E-state index in [0.29, 0.717) is 6.54 Å². The molecule has 1 N–H and O–H groups in total. The van der Waals surface area contributed by atoms with Gasteiger partial charge in [-0.25, -0.2) is 4.79 Å². The van der Waals surface area contributed by atoms with Gasteiger partial charge in [0.25, 0.3) is 0 Å². The quantitative estimate of drug-likeness (QED) is 0.899. The van der Waals surface area contributed by atoms with Crippen LogP contribution < -0.4 is 5.32 Å². The van der Waals surface area contributed by atoms with Crippen LogP contribution in [0.1, 0.15) is 26.5 Å². The van der Waals surface area contributed by atoms with Crippen LogP contribution in [-0.4, -0.2) is 16.7 Å². The standard InChI is InChI=1S/C15H18N2O2/c1-15(2,3)19-14(18)16-10-12-9-8-11-6-4-5-7-13(11)17-12/h4-9H,10H2,1-3H3,(H,16,18). The lowest BCUT2D eigenvalue weighted by Gasteiger charge is -2.19. The maximum Gasteiger partial charge on any atom is 0.407 e. The van der Waals surface area contributed by atoms with E-state index in [1.54, 1.807) is 0 Å². The Morgan fingerprint density at radius 2 is 1.95 bits per heavy atom. The lowest BCUT2D eigenvalue weighted by atomic mass is 10.2. The van der Waals surface area contributed by atoms with Crippen LogP contribution in [0.4, 0.5) is 4.79 Å². The molecule has 0 spiro atoms. The molecule has 0 fully saturated rings. The predicted molar refractivity (Wildman–Crippen MR) is 74.8 cm³/mol. The van der Waals surface area contributed by atoms with Crippen molar-refractivity contribution in [1.29, 1.82) is 0 Å². The van der Waals surface area contributed by atoms with E-state index < -0.39 is 11.7 Å². The SMILES string of the molecule is CC(C)(C)OC(=O)NCc1ccc2ccccc2n1. The summed E-state index contributed by atoms with van der Waals surface area (Å²) in [6.45, 7) is 5.86. The molecule has 1 heterocycles. The summed E-state index contributed by atoms with van der Waals surface area (Å²) in [7, 11) is 0. The van der Waals surface area contributed by atoms with Gasteiger partial charge in [0.2, 0.25) is 0 Å². The van der Waals surface area contributed by atoms with Crippen LogP contribution in [0.5, 0.6) is 0 Å². The molecule has 0 saturated heterocycles. The Labute approximate surface area is 112 Å². The fraction of sp³-hybridized carbons (Fsp3) is 0.333. The zero-order valence-electron chi connectivity index (χ0n) is 11.4. The lowest BCUT2D eigenvalue weighted by molar-refractivity contribution is 0.0523. The molecule has 0 aliphatic rings. The van der Waals surface area contributed by atoms with E-state index in [2.05, 4.69) is 10.3 Å². The first kappa shape index (κ1) is 13.3. The monoisotopic (exact) mass is 258 g/mol. The molecule has 4 nitrogen and oxygen atoms in total. The summed E-state index contributed by atoms with van der Waals surface area (Å²) in [4.78, 5) is 16.0. The van der Waals surface area contributed by atoms with Crippen molar-refractivity contribution in [3.8, 4) is 0 Å². The maximum absolute atomic E-state index is 11.5. The van der Waals surface area contributed by atoms with Gasteiger partial charge in [0.15, 0.2) is 0 Å². The Morgan fingerprint density at radius 1 is 1.21 bits per heavy atom. The Bertz CT molecular complexity index is 588. The summed E-state index contributed by atoms with van der Waals surface area (Å²) in [6.07, 6.45) is -0.428. The van der Waals surface area contributed by atoms with Crippen LogP contribution in [0.25, 0.3) is 10.9 Å². The average Bonchev–Trinajstić information content (AvgIpc) is 2.34. The van der Waals surface area contributed by atoms with E-state index in [1.165, 1.54) is 0 Å². The molecule has 100 valence electrons. The first-order valence-corrected chi connectivity index (χ1v) is 6.25. The smallest absolute Gasteiger partial charge is 0.407 e. The fourth-order valence-corrected chi connectivity index (χ4v) is 1.68. The van der Waals surface area contributed by atoms with E-state index in [9.17, 15) is 4.79 Å². The predicted octanol–water partition coefficient (Wildman–Crippen LogP) is 3.26. The number of ether oxygens (including phenoxy) is 1. The van der Waals surface area contributed by atoms with Gasteiger partial charge in [-0.1, -0.05) is 24.3 Å². The first-order chi connectivity index (χ1) is 8.94. The first-order valence-electron chi connectivity index (χ1n) is 6.25. The van der Waals surface area contributed by atoms with Crippen molar-refractivity contribution in [2.75, 3.05) is 0 Å². The molecule has 0 radical (unpaired) electrons. The lowest BCUT2D eigenvalue weighted by Crippen LogP contribution is -2.32. The van der Waals surface area contributed by atoms with E-state index in [-0.39, 0.29) is 0 Å². The number of benzene rings is 1. The van der Waals surface area contributed by atoms with Crippen LogP contribution >= 0.6 is 0 Å². The molecule has 2 aromatic rings. The van der Waals surface area contributed by atoms with Crippen molar-refractivity contribution in [2.24, 2.45) is 0 Å². The van der Waals surface area contributed by atoms with Gasteiger partial charge in [-0.05, 0) is 32.9 Å². The summed E-state index contributed by atoms with van der Waals surface area (Å²) in [5.74, 6) is 0. The van der Waals surface area contributed by atoms with E-state index in [1.807, 2.05) is 57.2 Å². The number of pyridine rings is 1. The Hall–Kier alpha value is -2.10. The van der Waals surface area contributed by atoms with Gasteiger partial charge in [0, 0.05) is 5.39 Å². The largest absolute Gasteiger partial charge is 0.444 e. The number of carbonyl (C=O) groups excluding carboxylic acids is 1. The molecule has 0 unspecified atom stereocenters. The van der Waals surface area contributed by atoms with E-state index in [0.717, 1.165) is 16.6 Å². The molecule has 1 aromatic heterocycles. The van der Waals surface area contributed by atoms with Crippen molar-refractivity contribution in [3.63, 3.8) is 0 Å². The molecule has 0 saturated carbocycles. The van der Waals surface area contributed by atoms with E-state index in [4.69, 9.17) is 4.74 Å². The van der Waals surface area contributed by atoms with Crippen molar-refractivity contribution >= 4 is 17.0 Å². The highest BCUT2D eigenvalue weighted by Gasteiger charge is 2.15. The van der Waals surface area contributed by atoms with Crippen LogP contribution in [0.2, 0.25) is 0 Å². The molecule has 2 rings (SSSR count). The highest BCUT2D eigenvalue weighted by molar-refractivity contribution is 5.78. The molecule has 1 amide bonds. The van der Waals surface area contributed by atoms with Crippen molar-refractivity contribution < 1.29 is 9.53 Å². The number of alkyl carbamates (subject to hydrolysis) is 1. The second kappa shape index (κ2) is 5.26. The average molecular weight is 258 g/mol. The van der Waals surface area contributed by atoms with Crippen LogP contribution in [0.15, 0.2) is 36.4 Å². The summed E-state index contributed by atoms with van der Waals surface area (Å²) >= 11 is 0. The summed E-state index contributed by atoms with van der Waals surface area (Å²) < 4.78 is 5.17. The second-order valence-corrected chi connectivity index (χ2v) is 5.35. The normalized spacial score (nSPS) is 11.3. The molecule has 1 aromatic carbocycles. The number of hydrogen-bond donors (Lipinski definition) is 1. The number of aromatic nitrogens is 1. The van der Waals surface area contributed by atoms with Crippen molar-refractivity contribution in [2.45, 2.75) is 32.9 Å². The molecule has 4 heteroatoms. The highest BCUT2D eigenvalue weighted by Crippen LogP contribution is 2.12. The minimum absolute atomic E-state index is 0.361. The third-order valence-corrected chi connectivity index (χ3v) is 2.47. The van der Waals surface area contributed by atoms with Crippen LogP contribution in [0.3, 0.4) is 0 Å². The number of amides is 1. The minimum Gasteiger partial charge on any atom is -0.444 e. The molecule has 0 aliphatic carbocycles. The number of nitrogens with zero attached hydrogens (tertiary/aromatic N) is 1. The Balaban J connectivity index is 2.00. The minimum atomic E-state index is -0.485. The van der Waals surface area contributed by atoms with Crippen molar-refractivity contribution in [3.05, 3.63) is 42.1 Å². The Morgan fingerprint density at radius 3 is 2.68 bits per heavy atom. The van der Waals surface area contributed by atoms with Gasteiger partial charge in [-0.2, -0.15) is 0 Å². The summed E-state index contributed by atoms with van der Waals surface area (Å²) in [6, 6.07) is 11.8. The van der Waals surface area contributed by atoms with Gasteiger partial charge in [0.05, 0.1) is 17.8 Å². The third-order valence-electron chi connectivity index (χ3n) is 2.47. The number of fused-ring (bicyclic) bond motifs is 1. The van der Waals surface area contributed by atoms with Gasteiger partial charge >= 0.3 is 6.09 Å². The van der Waals surface area contributed by atoms with Crippen molar-refractivity contribution in [1.82, 2.24) is 10.3 Å². The molecule has 19 heavy (non-hydrogen) atoms. The fourth-order valence-electron chi connectivity index (χ4n) is 1.68. The van der Waals surface area contributed by atoms with Gasteiger partial charge in [-0.3, -0.25) is 4.98 Å². The van der Waals surface area contributed by atoms with Gasteiger partial charge < -0.3 is 10.1 Å². The topological polar surface area (TPSA) is 51.2 Å². The molecule has 0 aliphatic heterocycles. The number of rotatable bonds is 2.